The second kappa shape index (κ2) is 3.28. The van der Waals surface area contributed by atoms with Crippen LogP contribution in [0.4, 0.5) is 0 Å². The topological polar surface area (TPSA) is 17.1 Å². The molecule has 1 saturated carbocycles. The monoisotopic (exact) mass is 178 g/mol. The van der Waals surface area contributed by atoms with Crippen LogP contribution in [-0.2, 0) is 4.79 Å². The first kappa shape index (κ1) is 8.98. The van der Waals surface area contributed by atoms with E-state index in [9.17, 15) is 4.79 Å². The third-order valence-corrected chi connectivity index (χ3v) is 3.64. The minimum atomic E-state index is 0.430. The Kier molecular flexibility index (Phi) is 2.27. The van der Waals surface area contributed by atoms with E-state index in [1.807, 2.05) is 0 Å². The summed E-state index contributed by atoms with van der Waals surface area (Å²) in [6, 6.07) is 0. The Balaban J connectivity index is 1.95. The van der Waals surface area contributed by atoms with Gasteiger partial charge in [-0.05, 0) is 43.6 Å². The van der Waals surface area contributed by atoms with E-state index in [4.69, 9.17) is 0 Å². The van der Waals surface area contributed by atoms with Gasteiger partial charge in [0.05, 0.1) is 0 Å². The summed E-state index contributed by atoms with van der Waals surface area (Å²) in [4.78, 5) is 11.5. The van der Waals surface area contributed by atoms with E-state index in [-0.39, 0.29) is 0 Å². The molecule has 0 radical (unpaired) electrons. The summed E-state index contributed by atoms with van der Waals surface area (Å²) in [5.74, 6) is 2.20. The van der Waals surface area contributed by atoms with Crippen LogP contribution in [0.3, 0.4) is 0 Å². The van der Waals surface area contributed by atoms with E-state index >= 15 is 0 Å². The number of carbonyl (C=O) groups excluding carboxylic acids is 1. The van der Waals surface area contributed by atoms with Crippen molar-refractivity contribution in [2.24, 2.45) is 11.8 Å². The molecule has 0 spiro atoms. The van der Waals surface area contributed by atoms with Gasteiger partial charge in [0.25, 0.3) is 0 Å². The maximum atomic E-state index is 11.5. The highest BCUT2D eigenvalue weighted by molar-refractivity contribution is 5.98. The van der Waals surface area contributed by atoms with Crippen LogP contribution in [0.2, 0.25) is 0 Å². The second-order valence-corrected chi connectivity index (χ2v) is 4.55. The van der Waals surface area contributed by atoms with Crippen molar-refractivity contribution in [2.75, 3.05) is 0 Å². The van der Waals surface area contributed by atoms with E-state index in [0.717, 1.165) is 31.1 Å². The molecule has 2 aliphatic carbocycles. The Bertz CT molecular complexity index is 262. The third-order valence-electron chi connectivity index (χ3n) is 3.64. The summed E-state index contributed by atoms with van der Waals surface area (Å²) in [5.41, 5.74) is 2.55. The number of Topliss-reactive ketones (excluding diaryl/α,β-unsaturated/α-hetero) is 1. The van der Waals surface area contributed by atoms with Gasteiger partial charge in [-0.2, -0.15) is 0 Å². The molecule has 1 nitrogen and oxygen atoms in total. The van der Waals surface area contributed by atoms with Crippen molar-refractivity contribution < 1.29 is 4.79 Å². The Labute approximate surface area is 80.2 Å². The predicted molar refractivity (Wildman–Crippen MR) is 53.4 cm³/mol. The summed E-state index contributed by atoms with van der Waals surface area (Å²) in [6.07, 6.45) is 5.55. The van der Waals surface area contributed by atoms with Gasteiger partial charge in [-0.15, -0.1) is 0 Å². The molecule has 0 saturated heterocycles. The fourth-order valence-corrected chi connectivity index (χ4v) is 2.45. The molecule has 0 bridgehead atoms. The molecule has 0 aromatic rings. The Morgan fingerprint density at radius 1 is 1.31 bits per heavy atom. The van der Waals surface area contributed by atoms with E-state index in [2.05, 4.69) is 13.8 Å². The summed E-state index contributed by atoms with van der Waals surface area (Å²) in [6.45, 7) is 4.38. The van der Waals surface area contributed by atoms with E-state index < -0.39 is 0 Å². The number of hydrogen-bond acceptors (Lipinski definition) is 1. The van der Waals surface area contributed by atoms with Crippen LogP contribution < -0.4 is 0 Å². The second-order valence-electron chi connectivity index (χ2n) is 4.55. The molecule has 1 fully saturated rings. The van der Waals surface area contributed by atoms with Gasteiger partial charge in [-0.1, -0.05) is 18.9 Å². The highest BCUT2D eigenvalue weighted by Gasteiger charge is 2.37. The van der Waals surface area contributed by atoms with Gasteiger partial charge in [0, 0.05) is 6.42 Å². The van der Waals surface area contributed by atoms with Crippen molar-refractivity contribution in [2.45, 2.75) is 46.0 Å². The van der Waals surface area contributed by atoms with Gasteiger partial charge in [0.15, 0.2) is 5.78 Å². The molecule has 72 valence electrons. The first-order valence-corrected chi connectivity index (χ1v) is 5.44. The van der Waals surface area contributed by atoms with E-state index in [1.165, 1.54) is 24.0 Å². The van der Waals surface area contributed by atoms with Crippen molar-refractivity contribution in [3.05, 3.63) is 11.1 Å². The van der Waals surface area contributed by atoms with Gasteiger partial charge in [-0.25, -0.2) is 0 Å². The van der Waals surface area contributed by atoms with Crippen molar-refractivity contribution in [3.8, 4) is 0 Å². The van der Waals surface area contributed by atoms with Gasteiger partial charge >= 0.3 is 0 Å². The smallest absolute Gasteiger partial charge is 0.159 e. The Hall–Kier alpha value is -0.590. The number of hydrogen-bond donors (Lipinski definition) is 0. The molecule has 0 unspecified atom stereocenters. The van der Waals surface area contributed by atoms with E-state index in [1.54, 1.807) is 0 Å². The van der Waals surface area contributed by atoms with E-state index in [0.29, 0.717) is 5.78 Å². The molecule has 2 rings (SSSR count). The number of carbonyl (C=O) groups is 1. The first-order chi connectivity index (χ1) is 6.22. The fraction of sp³-hybridized carbons (Fsp3) is 0.750. The lowest BCUT2D eigenvalue weighted by molar-refractivity contribution is -0.115. The van der Waals surface area contributed by atoms with Gasteiger partial charge in [-0.3, -0.25) is 4.79 Å². The maximum absolute atomic E-state index is 11.5. The van der Waals surface area contributed by atoms with Gasteiger partial charge in [0.2, 0.25) is 0 Å². The SMILES string of the molecule is CC[C@@H]1C[C@@H]1CC1=C(C)CCC1=O. The number of rotatable bonds is 3. The summed E-state index contributed by atoms with van der Waals surface area (Å²) < 4.78 is 0. The molecule has 2 aliphatic rings. The molecular weight excluding hydrogens is 160 g/mol. The summed E-state index contributed by atoms with van der Waals surface area (Å²) >= 11 is 0. The normalized spacial score (nSPS) is 32.9. The molecular formula is C12H18O. The average molecular weight is 178 g/mol. The molecule has 0 aliphatic heterocycles. The van der Waals surface area contributed by atoms with Crippen LogP contribution in [0.15, 0.2) is 11.1 Å². The molecule has 0 aromatic heterocycles. The van der Waals surface area contributed by atoms with Crippen molar-refractivity contribution in [1.29, 1.82) is 0 Å². The molecule has 0 N–H and O–H groups in total. The number of ketones is 1. The van der Waals surface area contributed by atoms with Crippen molar-refractivity contribution in [3.63, 3.8) is 0 Å². The average Bonchev–Trinajstić information content (AvgIpc) is 2.81. The van der Waals surface area contributed by atoms with Crippen LogP contribution in [0.25, 0.3) is 0 Å². The Morgan fingerprint density at radius 3 is 2.54 bits per heavy atom. The van der Waals surface area contributed by atoms with Crippen LogP contribution >= 0.6 is 0 Å². The lowest BCUT2D eigenvalue weighted by Gasteiger charge is -2.01. The fourth-order valence-electron chi connectivity index (χ4n) is 2.45. The van der Waals surface area contributed by atoms with Crippen molar-refractivity contribution >= 4 is 5.78 Å². The molecule has 0 aromatic carbocycles. The van der Waals surface area contributed by atoms with Crippen LogP contribution in [0.1, 0.15) is 46.0 Å². The molecule has 13 heavy (non-hydrogen) atoms. The zero-order valence-electron chi connectivity index (χ0n) is 8.60. The molecule has 0 heterocycles. The standard InChI is InChI=1S/C12H18O/c1-3-9-6-10(9)7-11-8(2)4-5-12(11)13/h9-10H,3-7H2,1-2H3/t9-,10-/m1/s1. The van der Waals surface area contributed by atoms with Crippen molar-refractivity contribution in [1.82, 2.24) is 0 Å². The maximum Gasteiger partial charge on any atom is 0.159 e. The lowest BCUT2D eigenvalue weighted by Crippen LogP contribution is -1.98. The largest absolute Gasteiger partial charge is 0.295 e. The molecule has 1 heteroatoms. The quantitative estimate of drug-likeness (QED) is 0.649. The predicted octanol–water partition coefficient (Wildman–Crippen LogP) is 3.10. The summed E-state index contributed by atoms with van der Waals surface area (Å²) in [5, 5.41) is 0. The van der Waals surface area contributed by atoms with Gasteiger partial charge in [0.1, 0.15) is 0 Å². The van der Waals surface area contributed by atoms with Crippen LogP contribution in [0.5, 0.6) is 0 Å². The first-order valence-electron chi connectivity index (χ1n) is 5.44. The minimum Gasteiger partial charge on any atom is -0.295 e. The van der Waals surface area contributed by atoms with Crippen LogP contribution in [-0.4, -0.2) is 5.78 Å². The highest BCUT2D eigenvalue weighted by Crippen LogP contribution is 2.46. The molecule has 0 amide bonds. The lowest BCUT2D eigenvalue weighted by atomic mass is 10.0. The van der Waals surface area contributed by atoms with Crippen LogP contribution in [0, 0.1) is 11.8 Å². The zero-order valence-corrected chi connectivity index (χ0v) is 8.60. The highest BCUT2D eigenvalue weighted by atomic mass is 16.1. The zero-order chi connectivity index (χ0) is 9.42. The third kappa shape index (κ3) is 1.70. The number of allylic oxidation sites excluding steroid dienone is 2. The summed E-state index contributed by atoms with van der Waals surface area (Å²) in [7, 11) is 0. The Morgan fingerprint density at radius 2 is 2.08 bits per heavy atom. The minimum absolute atomic E-state index is 0.430. The molecule has 2 atom stereocenters. The van der Waals surface area contributed by atoms with Gasteiger partial charge < -0.3 is 0 Å².